The molecule has 0 unspecified atom stereocenters. The van der Waals surface area contributed by atoms with Crippen LogP contribution in [0.25, 0.3) is 11.4 Å². The van der Waals surface area contributed by atoms with Crippen LogP contribution in [-0.2, 0) is 4.74 Å². The van der Waals surface area contributed by atoms with Gasteiger partial charge in [0.25, 0.3) is 0 Å². The fourth-order valence-corrected chi connectivity index (χ4v) is 4.15. The second-order valence-corrected chi connectivity index (χ2v) is 7.48. The van der Waals surface area contributed by atoms with E-state index in [-0.39, 0.29) is 5.78 Å². The van der Waals surface area contributed by atoms with Gasteiger partial charge in [-0.25, -0.2) is 9.97 Å². The van der Waals surface area contributed by atoms with E-state index in [1.165, 1.54) is 0 Å². The van der Waals surface area contributed by atoms with Crippen LogP contribution in [0.5, 0.6) is 5.75 Å². The second kappa shape index (κ2) is 9.30. The minimum Gasteiger partial charge on any atom is -0.497 e. The molecule has 0 aliphatic carbocycles. The van der Waals surface area contributed by atoms with Crippen molar-refractivity contribution in [2.24, 2.45) is 0 Å². The fraction of sp³-hybridized carbons (Fsp3) is 0.450. The van der Waals surface area contributed by atoms with Gasteiger partial charge < -0.3 is 9.47 Å². The lowest BCUT2D eigenvalue weighted by Crippen LogP contribution is -2.37. The number of rotatable bonds is 7. The molecule has 144 valence electrons. The number of methoxy groups -OCH3 is 1. The van der Waals surface area contributed by atoms with Gasteiger partial charge in [0, 0.05) is 31.0 Å². The molecule has 6 nitrogen and oxygen atoms in total. The van der Waals surface area contributed by atoms with E-state index in [2.05, 4.69) is 9.88 Å². The monoisotopic (exact) mass is 387 g/mol. The molecule has 0 N–H and O–H groups in total. The Hall–Kier alpha value is -1.96. The quantitative estimate of drug-likeness (QED) is 0.411. The Kier molecular flexibility index (Phi) is 6.82. The molecule has 7 heteroatoms. The van der Waals surface area contributed by atoms with Crippen LogP contribution in [0, 0.1) is 6.92 Å². The second-order valence-electron chi connectivity index (χ2n) is 6.40. The predicted octanol–water partition coefficient (Wildman–Crippen LogP) is 3.09. The van der Waals surface area contributed by atoms with Crippen LogP contribution < -0.4 is 4.74 Å². The zero-order valence-corrected chi connectivity index (χ0v) is 16.8. The molecule has 0 saturated carbocycles. The first-order valence-electron chi connectivity index (χ1n) is 9.05. The van der Waals surface area contributed by atoms with E-state index in [0.717, 1.165) is 60.6 Å². The van der Waals surface area contributed by atoms with E-state index < -0.39 is 0 Å². The number of nitrogens with zero attached hydrogens (tertiary/aromatic N) is 3. The van der Waals surface area contributed by atoms with E-state index in [4.69, 9.17) is 14.5 Å². The summed E-state index contributed by atoms with van der Waals surface area (Å²) in [7, 11) is 1.64. The van der Waals surface area contributed by atoms with Gasteiger partial charge >= 0.3 is 0 Å². The normalized spacial score (nSPS) is 14.9. The van der Waals surface area contributed by atoms with Crippen molar-refractivity contribution in [1.29, 1.82) is 0 Å². The van der Waals surface area contributed by atoms with Crippen molar-refractivity contribution in [2.75, 3.05) is 45.7 Å². The number of Topliss-reactive ketones (excluding diaryl/α,β-unsaturated/α-hetero) is 1. The molecule has 1 saturated heterocycles. The van der Waals surface area contributed by atoms with E-state index in [9.17, 15) is 4.79 Å². The maximum Gasteiger partial charge on any atom is 0.164 e. The lowest BCUT2D eigenvalue weighted by Gasteiger charge is -2.26. The maximum atomic E-state index is 12.1. The van der Waals surface area contributed by atoms with Gasteiger partial charge in [-0.05, 0) is 38.1 Å². The van der Waals surface area contributed by atoms with Crippen LogP contribution in [0.4, 0.5) is 0 Å². The lowest BCUT2D eigenvalue weighted by molar-refractivity contribution is 0.0410. The summed E-state index contributed by atoms with van der Waals surface area (Å²) >= 11 is 1.62. The third kappa shape index (κ3) is 5.06. The first-order chi connectivity index (χ1) is 13.1. The first kappa shape index (κ1) is 19.8. The van der Waals surface area contributed by atoms with Crippen LogP contribution >= 0.6 is 11.8 Å². The van der Waals surface area contributed by atoms with Gasteiger partial charge in [-0.3, -0.25) is 9.69 Å². The van der Waals surface area contributed by atoms with Crippen molar-refractivity contribution < 1.29 is 14.3 Å². The zero-order valence-electron chi connectivity index (χ0n) is 16.0. The molecule has 2 aromatic rings. The topological polar surface area (TPSA) is 64.5 Å². The molecule has 1 aliphatic heterocycles. The minimum absolute atomic E-state index is 0.00246. The number of carbonyl (C=O) groups excluding carboxylic acids is 1. The summed E-state index contributed by atoms with van der Waals surface area (Å²) in [6.07, 6.45) is 0. The predicted molar refractivity (Wildman–Crippen MR) is 107 cm³/mol. The van der Waals surface area contributed by atoms with Crippen LogP contribution in [0.1, 0.15) is 23.0 Å². The average Bonchev–Trinajstić information content (AvgIpc) is 2.68. The molecule has 1 aromatic carbocycles. The molecule has 2 heterocycles. The molecule has 3 rings (SSSR count). The van der Waals surface area contributed by atoms with Gasteiger partial charge in [0.1, 0.15) is 10.8 Å². The Morgan fingerprint density at radius 3 is 2.56 bits per heavy atom. The van der Waals surface area contributed by atoms with Crippen molar-refractivity contribution in [3.63, 3.8) is 0 Å². The van der Waals surface area contributed by atoms with Gasteiger partial charge in [0.2, 0.25) is 0 Å². The van der Waals surface area contributed by atoms with Gasteiger partial charge in [-0.1, -0.05) is 0 Å². The van der Waals surface area contributed by atoms with Crippen LogP contribution in [0.2, 0.25) is 0 Å². The number of hydrogen-bond acceptors (Lipinski definition) is 7. The minimum atomic E-state index is 0.00246. The Morgan fingerprint density at radius 1 is 1.22 bits per heavy atom. The molecule has 1 aliphatic rings. The van der Waals surface area contributed by atoms with E-state index in [0.29, 0.717) is 11.4 Å². The molecule has 0 spiro atoms. The number of aryl methyl sites for hydroxylation is 1. The van der Waals surface area contributed by atoms with E-state index in [1.54, 1.807) is 25.8 Å². The summed E-state index contributed by atoms with van der Waals surface area (Å²) in [5.41, 5.74) is 2.25. The Balaban J connectivity index is 1.80. The Labute approximate surface area is 164 Å². The van der Waals surface area contributed by atoms with Gasteiger partial charge in [-0.15, -0.1) is 11.8 Å². The molecule has 1 aromatic heterocycles. The van der Waals surface area contributed by atoms with Crippen LogP contribution in [0.3, 0.4) is 0 Å². The first-order valence-corrected chi connectivity index (χ1v) is 10.0. The summed E-state index contributed by atoms with van der Waals surface area (Å²) in [6, 6.07) is 7.64. The SMILES string of the molecule is COc1ccc(-c2nc(C)c(C(C)=O)c(SCCN3CCOCC3)n2)cc1. The summed E-state index contributed by atoms with van der Waals surface area (Å²) in [4.78, 5) is 23.8. The van der Waals surface area contributed by atoms with Gasteiger partial charge in [0.05, 0.1) is 31.6 Å². The van der Waals surface area contributed by atoms with Gasteiger partial charge in [-0.2, -0.15) is 0 Å². The van der Waals surface area contributed by atoms with E-state index >= 15 is 0 Å². The summed E-state index contributed by atoms with van der Waals surface area (Å²) in [5.74, 6) is 2.30. The van der Waals surface area contributed by atoms with Crippen molar-refractivity contribution in [3.8, 4) is 17.1 Å². The highest BCUT2D eigenvalue weighted by Gasteiger charge is 2.18. The highest BCUT2D eigenvalue weighted by molar-refractivity contribution is 7.99. The van der Waals surface area contributed by atoms with Gasteiger partial charge in [0.15, 0.2) is 11.6 Å². The molecule has 0 bridgehead atoms. The zero-order chi connectivity index (χ0) is 19.2. The maximum absolute atomic E-state index is 12.1. The number of ether oxygens (including phenoxy) is 2. The highest BCUT2D eigenvalue weighted by Crippen LogP contribution is 2.27. The standard InChI is InChI=1S/C20H25N3O3S/c1-14-18(15(2)24)20(27-13-10-23-8-11-26-12-9-23)22-19(21-14)16-4-6-17(25-3)7-5-16/h4-7H,8-13H2,1-3H3. The Morgan fingerprint density at radius 2 is 1.93 bits per heavy atom. The number of benzene rings is 1. The average molecular weight is 388 g/mol. The molecule has 0 atom stereocenters. The number of morpholine rings is 1. The molecule has 27 heavy (non-hydrogen) atoms. The third-order valence-electron chi connectivity index (χ3n) is 4.51. The summed E-state index contributed by atoms with van der Waals surface area (Å²) < 4.78 is 10.6. The number of hydrogen-bond donors (Lipinski definition) is 0. The third-order valence-corrected chi connectivity index (χ3v) is 5.46. The largest absolute Gasteiger partial charge is 0.497 e. The smallest absolute Gasteiger partial charge is 0.164 e. The molecular weight excluding hydrogens is 362 g/mol. The molecular formula is C20H25N3O3S. The summed E-state index contributed by atoms with van der Waals surface area (Å²) in [5, 5.41) is 0.758. The van der Waals surface area contributed by atoms with Crippen molar-refractivity contribution in [1.82, 2.24) is 14.9 Å². The molecule has 1 fully saturated rings. The Bertz CT molecular complexity index is 790. The number of ketones is 1. The summed E-state index contributed by atoms with van der Waals surface area (Å²) in [6.45, 7) is 7.89. The van der Waals surface area contributed by atoms with Crippen molar-refractivity contribution >= 4 is 17.5 Å². The van der Waals surface area contributed by atoms with Crippen molar-refractivity contribution in [2.45, 2.75) is 18.9 Å². The van der Waals surface area contributed by atoms with Crippen LogP contribution in [0.15, 0.2) is 29.3 Å². The number of carbonyl (C=O) groups is 1. The number of aromatic nitrogens is 2. The van der Waals surface area contributed by atoms with Crippen LogP contribution in [-0.4, -0.2) is 66.4 Å². The van der Waals surface area contributed by atoms with Crippen molar-refractivity contribution in [3.05, 3.63) is 35.5 Å². The van der Waals surface area contributed by atoms with E-state index in [1.807, 2.05) is 31.2 Å². The molecule has 0 radical (unpaired) electrons. The fourth-order valence-electron chi connectivity index (χ4n) is 3.02. The number of thioether (sulfide) groups is 1. The lowest BCUT2D eigenvalue weighted by atomic mass is 10.1. The molecule has 0 amide bonds. The highest BCUT2D eigenvalue weighted by atomic mass is 32.2.